The van der Waals surface area contributed by atoms with Gasteiger partial charge in [0, 0.05) is 4.38 Å². The molecule has 0 bridgehead atoms. The Morgan fingerprint density at radius 1 is 1.40 bits per heavy atom. The molecule has 4 heteroatoms. The van der Waals surface area contributed by atoms with Crippen LogP contribution in [0.25, 0.3) is 0 Å². The summed E-state index contributed by atoms with van der Waals surface area (Å²) in [5, 5.41) is 0. The molecule has 10 heavy (non-hydrogen) atoms. The second-order valence-electron chi connectivity index (χ2n) is 2.27. The second kappa shape index (κ2) is 5.72. The van der Waals surface area contributed by atoms with Gasteiger partial charge in [-0.2, -0.15) is 0 Å². The van der Waals surface area contributed by atoms with Gasteiger partial charge in [-0.3, -0.25) is 0 Å². The Hall–Kier alpha value is 1.11. The predicted octanol–water partition coefficient (Wildman–Crippen LogP) is -1.22. The molecule has 1 aliphatic carbocycles. The molecule has 0 amide bonds. The Morgan fingerprint density at radius 2 is 1.90 bits per heavy atom. The van der Waals surface area contributed by atoms with Crippen molar-refractivity contribution in [2.45, 2.75) is 31.8 Å². The van der Waals surface area contributed by atoms with E-state index in [1.54, 1.807) is 0 Å². The molecule has 1 nitrogen and oxygen atoms in total. The third-order valence-electron chi connectivity index (χ3n) is 1.57. The maximum atomic E-state index is 5.16. The van der Waals surface area contributed by atoms with Gasteiger partial charge in [-0.1, -0.05) is 0 Å². The first-order valence-corrected chi connectivity index (χ1v) is 3.98. The van der Waals surface area contributed by atoms with Crippen molar-refractivity contribution in [3.63, 3.8) is 0 Å². The van der Waals surface area contributed by atoms with Crippen LogP contribution in [0.5, 0.6) is 0 Å². The van der Waals surface area contributed by atoms with Crippen LogP contribution in [0.3, 0.4) is 0 Å². The topological polar surface area (TPSA) is 9.23 Å². The average molecular weight is 184 g/mol. The van der Waals surface area contributed by atoms with Crippen molar-refractivity contribution in [1.29, 1.82) is 0 Å². The molecule has 0 heterocycles. The van der Waals surface area contributed by atoms with Crippen LogP contribution in [0.15, 0.2) is 0 Å². The van der Waals surface area contributed by atoms with Crippen LogP contribution in [-0.4, -0.2) is 10.5 Å². The van der Waals surface area contributed by atoms with E-state index in [4.69, 9.17) is 4.74 Å². The molecule has 0 N–H and O–H groups in total. The van der Waals surface area contributed by atoms with Gasteiger partial charge >= 0.3 is 29.6 Å². The zero-order chi connectivity index (χ0) is 6.69. The summed E-state index contributed by atoms with van der Waals surface area (Å²) in [6, 6.07) is 0. The van der Waals surface area contributed by atoms with Gasteiger partial charge in [-0.05, 0) is 25.7 Å². The summed E-state index contributed by atoms with van der Waals surface area (Å²) in [5.74, 6) is 0. The molecule has 0 aromatic carbocycles. The SMILES string of the molecule is S=C([S-])OC1CCCC1.[Na+]. The average Bonchev–Trinajstić information content (AvgIpc) is 2.15. The smallest absolute Gasteiger partial charge is 0.510 e. The van der Waals surface area contributed by atoms with Crippen LogP contribution in [0, 0.1) is 0 Å². The van der Waals surface area contributed by atoms with E-state index in [-0.39, 0.29) is 33.9 Å². The Labute approximate surface area is 94.6 Å². The minimum Gasteiger partial charge on any atom is -0.510 e. The van der Waals surface area contributed by atoms with Gasteiger partial charge in [0.05, 0.1) is 6.10 Å². The number of hydrogen-bond acceptors (Lipinski definition) is 3. The molecule has 0 aliphatic heterocycles. The molecular weight excluding hydrogens is 175 g/mol. The third-order valence-corrected chi connectivity index (χ3v) is 1.76. The van der Waals surface area contributed by atoms with E-state index in [1.807, 2.05) is 0 Å². The van der Waals surface area contributed by atoms with Crippen LogP contribution in [0.1, 0.15) is 25.7 Å². The third kappa shape index (κ3) is 4.09. The fraction of sp³-hybridized carbons (Fsp3) is 0.833. The van der Waals surface area contributed by atoms with Gasteiger partial charge in [-0.25, -0.2) is 0 Å². The zero-order valence-corrected chi connectivity index (χ0v) is 9.76. The Balaban J connectivity index is 0.000000810. The maximum Gasteiger partial charge on any atom is 1.00 e. The van der Waals surface area contributed by atoms with E-state index < -0.39 is 0 Å². The monoisotopic (exact) mass is 184 g/mol. The Kier molecular flexibility index (Phi) is 6.36. The summed E-state index contributed by atoms with van der Waals surface area (Å²) in [6.45, 7) is 0. The normalized spacial score (nSPS) is 18.0. The van der Waals surface area contributed by atoms with E-state index in [0.717, 1.165) is 12.8 Å². The molecule has 1 saturated carbocycles. The Morgan fingerprint density at radius 3 is 2.30 bits per heavy atom. The summed E-state index contributed by atoms with van der Waals surface area (Å²) in [7, 11) is 0. The van der Waals surface area contributed by atoms with Gasteiger partial charge in [0.1, 0.15) is 0 Å². The van der Waals surface area contributed by atoms with E-state index >= 15 is 0 Å². The fourth-order valence-corrected chi connectivity index (χ4v) is 1.41. The Bertz CT molecular complexity index is 112. The molecule has 1 aliphatic rings. The van der Waals surface area contributed by atoms with Gasteiger partial charge in [0.2, 0.25) is 0 Å². The van der Waals surface area contributed by atoms with Gasteiger partial charge in [0.15, 0.2) is 0 Å². The van der Waals surface area contributed by atoms with E-state index in [9.17, 15) is 0 Å². The number of ether oxygens (including phenoxy) is 1. The summed E-state index contributed by atoms with van der Waals surface area (Å²) in [6.07, 6.45) is 5.15. The number of rotatable bonds is 1. The first-order chi connectivity index (χ1) is 4.29. The molecule has 0 atom stereocenters. The second-order valence-corrected chi connectivity index (χ2v) is 3.27. The summed E-state index contributed by atoms with van der Waals surface area (Å²) in [4.78, 5) is 0. The van der Waals surface area contributed by atoms with Crippen LogP contribution in [0.2, 0.25) is 0 Å². The summed E-state index contributed by atoms with van der Waals surface area (Å²) in [5.41, 5.74) is 0. The van der Waals surface area contributed by atoms with Crippen LogP contribution < -0.4 is 29.6 Å². The van der Waals surface area contributed by atoms with Crippen molar-refractivity contribution >= 4 is 29.2 Å². The zero-order valence-electron chi connectivity index (χ0n) is 6.13. The van der Waals surface area contributed by atoms with E-state index in [0.29, 0.717) is 6.10 Å². The minimum absolute atomic E-state index is 0. The van der Waals surface area contributed by atoms with Crippen LogP contribution >= 0.6 is 12.2 Å². The summed E-state index contributed by atoms with van der Waals surface area (Å²) >= 11 is 9.25. The standard InChI is InChI=1S/C6H10OS2.Na/c8-6(9)7-5-3-1-2-4-5;/h5H,1-4H2,(H,8,9);/q;+1/p-1. The van der Waals surface area contributed by atoms with Crippen LogP contribution in [-0.2, 0) is 17.4 Å². The molecule has 52 valence electrons. The van der Waals surface area contributed by atoms with Crippen molar-refractivity contribution in [3.8, 4) is 0 Å². The molecule has 0 spiro atoms. The first kappa shape index (κ1) is 11.1. The minimum atomic E-state index is 0. The van der Waals surface area contributed by atoms with Crippen molar-refractivity contribution in [2.24, 2.45) is 0 Å². The molecule has 1 rings (SSSR count). The van der Waals surface area contributed by atoms with Gasteiger partial charge < -0.3 is 29.6 Å². The fourth-order valence-electron chi connectivity index (χ4n) is 1.14. The van der Waals surface area contributed by atoms with Crippen molar-refractivity contribution in [1.82, 2.24) is 0 Å². The van der Waals surface area contributed by atoms with Gasteiger partial charge in [-0.15, -0.1) is 0 Å². The molecule has 0 aromatic heterocycles. The van der Waals surface area contributed by atoms with Gasteiger partial charge in [0.25, 0.3) is 0 Å². The largest absolute Gasteiger partial charge is 1.00 e. The number of hydrogen-bond donors (Lipinski definition) is 0. The van der Waals surface area contributed by atoms with E-state index in [1.165, 1.54) is 12.8 Å². The quantitative estimate of drug-likeness (QED) is 0.287. The maximum absolute atomic E-state index is 5.16. The van der Waals surface area contributed by atoms with E-state index in [2.05, 4.69) is 24.8 Å². The molecule has 0 aromatic rings. The first-order valence-electron chi connectivity index (χ1n) is 3.16. The van der Waals surface area contributed by atoms with Crippen molar-refractivity contribution in [3.05, 3.63) is 0 Å². The number of thiocarbonyl (C=S) groups is 1. The van der Waals surface area contributed by atoms with Crippen molar-refractivity contribution in [2.75, 3.05) is 0 Å². The summed E-state index contributed by atoms with van der Waals surface area (Å²) < 4.78 is 5.44. The molecular formula is C6H9NaOS2. The molecule has 0 unspecified atom stereocenters. The molecule has 0 saturated heterocycles. The van der Waals surface area contributed by atoms with Crippen LogP contribution in [0.4, 0.5) is 0 Å². The van der Waals surface area contributed by atoms with Crippen molar-refractivity contribution < 1.29 is 34.3 Å². The molecule has 1 fully saturated rings. The predicted molar refractivity (Wildman–Crippen MR) is 43.3 cm³/mol. The molecule has 0 radical (unpaired) electrons.